The van der Waals surface area contributed by atoms with Crippen molar-refractivity contribution in [2.45, 2.75) is 49.3 Å². The first-order valence-corrected chi connectivity index (χ1v) is 11.0. The van der Waals surface area contributed by atoms with E-state index in [1.807, 2.05) is 29.4 Å². The number of rotatable bonds is 4. The Kier molecular flexibility index (Phi) is 5.83. The van der Waals surface area contributed by atoms with Gasteiger partial charge in [0.15, 0.2) is 0 Å². The molecule has 0 saturated carbocycles. The quantitative estimate of drug-likeness (QED) is 0.660. The number of aliphatic imine (C=N–C) groups is 1. The van der Waals surface area contributed by atoms with Crippen molar-refractivity contribution in [2.75, 3.05) is 13.1 Å². The van der Waals surface area contributed by atoms with E-state index >= 15 is 0 Å². The van der Waals surface area contributed by atoms with E-state index in [4.69, 9.17) is 4.99 Å². The molecule has 0 radical (unpaired) electrons. The Labute approximate surface area is 171 Å². The number of piperidine rings is 1. The van der Waals surface area contributed by atoms with Crippen LogP contribution in [0.25, 0.3) is 0 Å². The molecule has 0 spiro atoms. The van der Waals surface area contributed by atoms with E-state index in [2.05, 4.69) is 37.5 Å². The highest BCUT2D eigenvalue weighted by Gasteiger charge is 2.18. The van der Waals surface area contributed by atoms with Gasteiger partial charge in [-0.1, -0.05) is 44.2 Å². The molecule has 146 valence electrons. The molecule has 28 heavy (non-hydrogen) atoms. The highest BCUT2D eigenvalue weighted by molar-refractivity contribution is 7.99. The maximum atomic E-state index is 12.7. The standard InChI is InChI=1S/C23H27N3OS/c1-16(2)13-17-7-6-8-21-19(17)15-24-20-14-18(9-10-22(20)28-21)23(27)25-26-11-4-3-5-12-26/h6-10,14-16H,3-5,11-13H2,1-2H3,(H,25,27). The molecular formula is C23H27N3OS. The Hall–Kier alpha value is -2.11. The van der Waals surface area contributed by atoms with Crippen molar-refractivity contribution in [1.29, 1.82) is 0 Å². The lowest BCUT2D eigenvalue weighted by Gasteiger charge is -2.26. The van der Waals surface area contributed by atoms with Crippen LogP contribution in [0.15, 0.2) is 51.2 Å². The largest absolute Gasteiger partial charge is 0.285 e. The first kappa shape index (κ1) is 19.2. The van der Waals surface area contributed by atoms with Crippen LogP contribution in [-0.2, 0) is 6.42 Å². The number of nitrogens with zero attached hydrogens (tertiary/aromatic N) is 2. The first-order valence-electron chi connectivity index (χ1n) is 10.1. The lowest BCUT2D eigenvalue weighted by Crippen LogP contribution is -2.45. The monoisotopic (exact) mass is 393 g/mol. The van der Waals surface area contributed by atoms with Gasteiger partial charge in [0.1, 0.15) is 0 Å². The second-order valence-electron chi connectivity index (χ2n) is 7.96. The van der Waals surface area contributed by atoms with E-state index in [1.165, 1.54) is 22.4 Å². The predicted octanol–water partition coefficient (Wildman–Crippen LogP) is 5.23. The third kappa shape index (κ3) is 4.31. The molecule has 4 nitrogen and oxygen atoms in total. The van der Waals surface area contributed by atoms with Gasteiger partial charge in [0.2, 0.25) is 0 Å². The second kappa shape index (κ2) is 8.50. The predicted molar refractivity (Wildman–Crippen MR) is 116 cm³/mol. The summed E-state index contributed by atoms with van der Waals surface area (Å²) in [4.78, 5) is 19.7. The van der Waals surface area contributed by atoms with Gasteiger partial charge in [-0.05, 0) is 55.0 Å². The highest BCUT2D eigenvalue weighted by atomic mass is 32.2. The Balaban J connectivity index is 1.57. The number of hydrogen-bond acceptors (Lipinski definition) is 4. The fourth-order valence-electron chi connectivity index (χ4n) is 3.76. The molecule has 2 aromatic rings. The molecule has 2 heterocycles. The summed E-state index contributed by atoms with van der Waals surface area (Å²) in [7, 11) is 0. The normalized spacial score (nSPS) is 16.4. The summed E-state index contributed by atoms with van der Waals surface area (Å²) in [5.41, 5.74) is 7.11. The van der Waals surface area contributed by atoms with Gasteiger partial charge in [0.05, 0.1) is 5.69 Å². The van der Waals surface area contributed by atoms with Gasteiger partial charge in [-0.3, -0.25) is 15.2 Å². The van der Waals surface area contributed by atoms with Crippen LogP contribution in [0.1, 0.15) is 54.6 Å². The molecule has 0 aliphatic carbocycles. The molecule has 0 atom stereocenters. The van der Waals surface area contributed by atoms with Crippen molar-refractivity contribution in [3.63, 3.8) is 0 Å². The summed E-state index contributed by atoms with van der Waals surface area (Å²) in [6.45, 7) is 6.34. The van der Waals surface area contributed by atoms with Crippen molar-refractivity contribution >= 4 is 29.6 Å². The van der Waals surface area contributed by atoms with Gasteiger partial charge in [0.25, 0.3) is 5.91 Å². The Morgan fingerprint density at radius 2 is 1.96 bits per heavy atom. The molecule has 1 fully saturated rings. The van der Waals surface area contributed by atoms with Gasteiger partial charge < -0.3 is 0 Å². The van der Waals surface area contributed by atoms with Crippen molar-refractivity contribution in [3.8, 4) is 0 Å². The van der Waals surface area contributed by atoms with E-state index in [1.54, 1.807) is 11.8 Å². The van der Waals surface area contributed by atoms with Crippen LogP contribution < -0.4 is 5.43 Å². The summed E-state index contributed by atoms with van der Waals surface area (Å²) in [6, 6.07) is 12.3. The molecule has 0 aromatic heterocycles. The summed E-state index contributed by atoms with van der Waals surface area (Å²) in [5, 5.41) is 2.03. The molecule has 4 rings (SSSR count). The van der Waals surface area contributed by atoms with Crippen LogP contribution >= 0.6 is 11.8 Å². The Morgan fingerprint density at radius 1 is 1.14 bits per heavy atom. The number of hydrogen-bond donors (Lipinski definition) is 1. The zero-order valence-electron chi connectivity index (χ0n) is 16.6. The van der Waals surface area contributed by atoms with Crippen LogP contribution in [0.5, 0.6) is 0 Å². The molecule has 2 aliphatic rings. The van der Waals surface area contributed by atoms with Crippen LogP contribution in [0.4, 0.5) is 5.69 Å². The number of benzene rings is 2. The molecule has 0 bridgehead atoms. The molecular weight excluding hydrogens is 366 g/mol. The van der Waals surface area contributed by atoms with Gasteiger partial charge in [-0.25, -0.2) is 5.01 Å². The van der Waals surface area contributed by atoms with Gasteiger partial charge in [-0.15, -0.1) is 0 Å². The minimum Gasteiger partial charge on any atom is -0.285 e. The van der Waals surface area contributed by atoms with Gasteiger partial charge in [-0.2, -0.15) is 0 Å². The topological polar surface area (TPSA) is 44.7 Å². The Morgan fingerprint density at radius 3 is 2.75 bits per heavy atom. The van der Waals surface area contributed by atoms with Crippen molar-refractivity contribution in [2.24, 2.45) is 10.9 Å². The smallest absolute Gasteiger partial charge is 0.265 e. The average Bonchev–Trinajstić information content (AvgIpc) is 2.87. The molecule has 2 aromatic carbocycles. The third-order valence-electron chi connectivity index (χ3n) is 5.17. The average molecular weight is 394 g/mol. The Bertz CT molecular complexity index is 901. The fraction of sp³-hybridized carbons (Fsp3) is 0.391. The zero-order valence-corrected chi connectivity index (χ0v) is 17.4. The second-order valence-corrected chi connectivity index (χ2v) is 9.04. The summed E-state index contributed by atoms with van der Waals surface area (Å²) >= 11 is 1.73. The number of fused-ring (bicyclic) bond motifs is 2. The summed E-state index contributed by atoms with van der Waals surface area (Å²) < 4.78 is 0. The summed E-state index contributed by atoms with van der Waals surface area (Å²) in [6.07, 6.45) is 6.54. The number of amides is 1. The number of carbonyl (C=O) groups excluding carboxylic acids is 1. The third-order valence-corrected chi connectivity index (χ3v) is 6.32. The first-order chi connectivity index (χ1) is 13.6. The van der Waals surface area contributed by atoms with Crippen LogP contribution in [-0.4, -0.2) is 30.2 Å². The fourth-order valence-corrected chi connectivity index (χ4v) is 4.78. The zero-order chi connectivity index (χ0) is 19.5. The molecule has 2 aliphatic heterocycles. The molecule has 1 N–H and O–H groups in total. The van der Waals surface area contributed by atoms with Crippen molar-refractivity contribution < 1.29 is 4.79 Å². The van der Waals surface area contributed by atoms with Crippen molar-refractivity contribution in [3.05, 3.63) is 53.1 Å². The molecule has 5 heteroatoms. The lowest BCUT2D eigenvalue weighted by atomic mass is 9.98. The number of nitrogens with one attached hydrogen (secondary N) is 1. The molecule has 0 unspecified atom stereocenters. The summed E-state index contributed by atoms with van der Waals surface area (Å²) in [5.74, 6) is 0.549. The van der Waals surface area contributed by atoms with E-state index in [-0.39, 0.29) is 5.91 Å². The van der Waals surface area contributed by atoms with Gasteiger partial charge >= 0.3 is 0 Å². The van der Waals surface area contributed by atoms with Gasteiger partial charge in [0, 0.05) is 40.2 Å². The lowest BCUT2D eigenvalue weighted by molar-refractivity contribution is 0.0750. The van der Waals surface area contributed by atoms with Crippen LogP contribution in [0.3, 0.4) is 0 Å². The van der Waals surface area contributed by atoms with Crippen molar-refractivity contribution in [1.82, 2.24) is 10.4 Å². The maximum absolute atomic E-state index is 12.7. The minimum absolute atomic E-state index is 0.0489. The van der Waals surface area contributed by atoms with Crippen LogP contribution in [0.2, 0.25) is 0 Å². The number of hydrazine groups is 1. The number of carbonyl (C=O) groups is 1. The van der Waals surface area contributed by atoms with E-state index < -0.39 is 0 Å². The minimum atomic E-state index is -0.0489. The van der Waals surface area contributed by atoms with E-state index in [0.717, 1.165) is 42.9 Å². The molecule has 1 amide bonds. The SMILES string of the molecule is CC(C)Cc1cccc2c1C=Nc1cc(C(=O)NN3CCCCC3)ccc1S2. The van der Waals surface area contributed by atoms with Crippen LogP contribution in [0, 0.1) is 5.92 Å². The van der Waals surface area contributed by atoms with E-state index in [9.17, 15) is 4.79 Å². The highest BCUT2D eigenvalue weighted by Crippen LogP contribution is 2.40. The maximum Gasteiger partial charge on any atom is 0.265 e. The van der Waals surface area contributed by atoms with E-state index in [0.29, 0.717) is 11.5 Å². The molecule has 1 saturated heterocycles.